The Bertz CT molecular complexity index is 651. The van der Waals surface area contributed by atoms with Gasteiger partial charge in [0.15, 0.2) is 0 Å². The third-order valence-corrected chi connectivity index (χ3v) is 3.87. The maximum absolute atomic E-state index is 5.29. The van der Waals surface area contributed by atoms with Gasteiger partial charge in [0.25, 0.3) is 0 Å². The molecule has 0 aliphatic heterocycles. The molecule has 0 saturated heterocycles. The molecular weight excluding hydrogens is 260 g/mol. The van der Waals surface area contributed by atoms with Gasteiger partial charge in [-0.05, 0) is 56.8 Å². The minimum Gasteiger partial charge on any atom is -0.497 e. The van der Waals surface area contributed by atoms with Crippen LogP contribution in [0.5, 0.6) is 5.75 Å². The largest absolute Gasteiger partial charge is 0.497 e. The van der Waals surface area contributed by atoms with Crippen molar-refractivity contribution >= 4 is 10.9 Å². The van der Waals surface area contributed by atoms with Crippen LogP contribution in [-0.2, 0) is 13.5 Å². The fourth-order valence-corrected chi connectivity index (χ4v) is 2.59. The molecule has 2 rings (SSSR count). The van der Waals surface area contributed by atoms with Gasteiger partial charge in [0.05, 0.1) is 7.11 Å². The third kappa shape index (κ3) is 3.78. The van der Waals surface area contributed by atoms with E-state index < -0.39 is 0 Å². The number of benzene rings is 1. The van der Waals surface area contributed by atoms with E-state index in [0.717, 1.165) is 31.7 Å². The molecule has 3 nitrogen and oxygen atoms in total. The van der Waals surface area contributed by atoms with Gasteiger partial charge in [-0.3, -0.25) is 0 Å². The average molecular weight is 284 g/mol. The van der Waals surface area contributed by atoms with Crippen molar-refractivity contribution < 1.29 is 4.74 Å². The number of fused-ring (bicyclic) bond motifs is 1. The maximum Gasteiger partial charge on any atom is 0.119 e. The van der Waals surface area contributed by atoms with Gasteiger partial charge in [-0.1, -0.05) is 6.58 Å². The Morgan fingerprint density at radius 1 is 1.38 bits per heavy atom. The second-order valence-electron chi connectivity index (χ2n) is 5.39. The van der Waals surface area contributed by atoms with Crippen LogP contribution in [0.1, 0.15) is 12.1 Å². The zero-order chi connectivity index (χ0) is 15.2. The van der Waals surface area contributed by atoms with Crippen LogP contribution in [0.3, 0.4) is 0 Å². The highest BCUT2D eigenvalue weighted by molar-refractivity contribution is 5.82. The highest BCUT2D eigenvalue weighted by atomic mass is 16.5. The maximum atomic E-state index is 5.29. The Morgan fingerprint density at radius 2 is 2.19 bits per heavy atom. The first-order valence-electron chi connectivity index (χ1n) is 7.31. The molecular formula is C18H24N2O. The number of methoxy groups -OCH3 is 1. The summed E-state index contributed by atoms with van der Waals surface area (Å²) in [5.74, 6) is 0.913. The Morgan fingerprint density at radius 3 is 2.90 bits per heavy atom. The van der Waals surface area contributed by atoms with E-state index in [4.69, 9.17) is 4.74 Å². The topological polar surface area (TPSA) is 17.4 Å². The van der Waals surface area contributed by atoms with Crippen molar-refractivity contribution in [1.29, 1.82) is 0 Å². The number of hydrogen-bond acceptors (Lipinski definition) is 2. The number of likely N-dealkylation sites (N-methyl/N-ethyl adjacent to an activating group) is 1. The molecule has 3 heteroatoms. The molecule has 1 aromatic heterocycles. The Balaban J connectivity index is 2.02. The summed E-state index contributed by atoms with van der Waals surface area (Å²) < 4.78 is 7.57. The van der Waals surface area contributed by atoms with Crippen LogP contribution in [0.4, 0.5) is 0 Å². The molecule has 0 atom stereocenters. The molecule has 0 spiro atoms. The summed E-state index contributed by atoms with van der Waals surface area (Å²) in [5, 5.41) is 1.25. The number of rotatable bonds is 7. The number of hydrogen-bond donors (Lipinski definition) is 0. The molecule has 0 aliphatic rings. The first-order valence-corrected chi connectivity index (χ1v) is 7.31. The SMILES string of the molecule is C=C=CCN(C)CCCc1cc2cc(OC)ccc2n1C. The van der Waals surface area contributed by atoms with E-state index in [1.807, 2.05) is 12.1 Å². The summed E-state index contributed by atoms with van der Waals surface area (Å²) in [6.07, 6.45) is 4.18. The molecule has 0 fully saturated rings. The van der Waals surface area contributed by atoms with E-state index in [1.54, 1.807) is 7.11 Å². The molecule has 1 aromatic carbocycles. The van der Waals surface area contributed by atoms with Crippen LogP contribution < -0.4 is 4.74 Å². The van der Waals surface area contributed by atoms with Crippen LogP contribution >= 0.6 is 0 Å². The van der Waals surface area contributed by atoms with Crippen molar-refractivity contribution in [1.82, 2.24) is 9.47 Å². The van der Waals surface area contributed by atoms with Gasteiger partial charge in [0, 0.05) is 30.2 Å². The van der Waals surface area contributed by atoms with Crippen LogP contribution in [0, 0.1) is 0 Å². The van der Waals surface area contributed by atoms with E-state index >= 15 is 0 Å². The fourth-order valence-electron chi connectivity index (χ4n) is 2.59. The van der Waals surface area contributed by atoms with Crippen LogP contribution in [0.25, 0.3) is 10.9 Å². The van der Waals surface area contributed by atoms with Gasteiger partial charge in [0.2, 0.25) is 0 Å². The lowest BCUT2D eigenvalue weighted by molar-refractivity contribution is 0.363. The first kappa shape index (κ1) is 15.4. The smallest absolute Gasteiger partial charge is 0.119 e. The summed E-state index contributed by atoms with van der Waals surface area (Å²) in [6.45, 7) is 5.57. The predicted octanol–water partition coefficient (Wildman–Crippen LogP) is 3.39. The lowest BCUT2D eigenvalue weighted by atomic mass is 10.2. The number of ether oxygens (including phenoxy) is 1. The van der Waals surface area contributed by atoms with Gasteiger partial charge in [-0.2, -0.15) is 0 Å². The normalized spacial score (nSPS) is 10.9. The second-order valence-corrected chi connectivity index (χ2v) is 5.39. The zero-order valence-corrected chi connectivity index (χ0v) is 13.2. The highest BCUT2D eigenvalue weighted by Crippen LogP contribution is 2.24. The quantitative estimate of drug-likeness (QED) is 0.725. The van der Waals surface area contributed by atoms with E-state index in [9.17, 15) is 0 Å². The van der Waals surface area contributed by atoms with E-state index in [1.165, 1.54) is 16.6 Å². The molecule has 0 unspecified atom stereocenters. The zero-order valence-electron chi connectivity index (χ0n) is 13.2. The predicted molar refractivity (Wildman–Crippen MR) is 89.0 cm³/mol. The van der Waals surface area contributed by atoms with E-state index in [-0.39, 0.29) is 0 Å². The lowest BCUT2D eigenvalue weighted by Crippen LogP contribution is -2.20. The van der Waals surface area contributed by atoms with Gasteiger partial charge in [-0.15, -0.1) is 5.73 Å². The van der Waals surface area contributed by atoms with Crippen molar-refractivity contribution in [2.75, 3.05) is 27.2 Å². The molecule has 0 saturated carbocycles. The Hall–Kier alpha value is -1.96. The molecule has 21 heavy (non-hydrogen) atoms. The lowest BCUT2D eigenvalue weighted by Gasteiger charge is -2.13. The molecule has 1 heterocycles. The second kappa shape index (κ2) is 7.16. The van der Waals surface area contributed by atoms with E-state index in [0.29, 0.717) is 0 Å². The van der Waals surface area contributed by atoms with Crippen molar-refractivity contribution in [2.45, 2.75) is 12.8 Å². The minimum atomic E-state index is 0.913. The fraction of sp³-hybridized carbons (Fsp3) is 0.389. The summed E-state index contributed by atoms with van der Waals surface area (Å²) in [7, 11) is 5.97. The molecule has 0 radical (unpaired) electrons. The van der Waals surface area contributed by atoms with Crippen molar-refractivity contribution in [2.24, 2.45) is 7.05 Å². The molecule has 0 bridgehead atoms. The average Bonchev–Trinajstić information content (AvgIpc) is 2.81. The third-order valence-electron chi connectivity index (χ3n) is 3.87. The van der Waals surface area contributed by atoms with Gasteiger partial charge >= 0.3 is 0 Å². The minimum absolute atomic E-state index is 0.913. The summed E-state index contributed by atoms with van der Waals surface area (Å²) in [4.78, 5) is 2.28. The first-order chi connectivity index (χ1) is 10.2. The Kier molecular flexibility index (Phi) is 5.26. The van der Waals surface area contributed by atoms with E-state index in [2.05, 4.69) is 54.1 Å². The highest BCUT2D eigenvalue weighted by Gasteiger charge is 2.07. The number of nitrogens with zero attached hydrogens (tertiary/aromatic N) is 2. The molecule has 0 amide bonds. The van der Waals surface area contributed by atoms with Gasteiger partial charge in [0.1, 0.15) is 5.75 Å². The van der Waals surface area contributed by atoms with Crippen LogP contribution in [0.15, 0.2) is 42.7 Å². The van der Waals surface area contributed by atoms with Crippen LogP contribution in [-0.4, -0.2) is 36.7 Å². The van der Waals surface area contributed by atoms with Gasteiger partial charge < -0.3 is 14.2 Å². The van der Waals surface area contributed by atoms with Crippen molar-refractivity contribution in [3.05, 3.63) is 48.3 Å². The number of aryl methyl sites for hydroxylation is 2. The molecule has 0 aliphatic carbocycles. The molecule has 112 valence electrons. The van der Waals surface area contributed by atoms with Crippen LogP contribution in [0.2, 0.25) is 0 Å². The Labute approximate surface area is 127 Å². The standard InChI is InChI=1S/C18H24N2O/c1-5-6-11-19(2)12-7-8-16-13-15-14-17(21-4)9-10-18(15)20(16)3/h6,9-10,13-14H,1,7-8,11-12H2,2-4H3. The number of aromatic nitrogens is 1. The summed E-state index contributed by atoms with van der Waals surface area (Å²) in [5.41, 5.74) is 5.44. The summed E-state index contributed by atoms with van der Waals surface area (Å²) >= 11 is 0. The monoisotopic (exact) mass is 284 g/mol. The van der Waals surface area contributed by atoms with Crippen molar-refractivity contribution in [3.63, 3.8) is 0 Å². The van der Waals surface area contributed by atoms with Crippen molar-refractivity contribution in [3.8, 4) is 5.75 Å². The summed E-state index contributed by atoms with van der Waals surface area (Å²) in [6, 6.07) is 8.50. The molecule has 2 aromatic rings. The van der Waals surface area contributed by atoms with Gasteiger partial charge in [-0.25, -0.2) is 0 Å². The molecule has 0 N–H and O–H groups in total.